The van der Waals surface area contributed by atoms with Gasteiger partial charge in [0.2, 0.25) is 0 Å². The normalized spacial score (nSPS) is 16.6. The molecule has 2 heterocycles. The summed E-state index contributed by atoms with van der Waals surface area (Å²) in [6.07, 6.45) is 1.97. The summed E-state index contributed by atoms with van der Waals surface area (Å²) in [4.78, 5) is 10.4. The Hall–Kier alpha value is -1.10. The van der Waals surface area contributed by atoms with Gasteiger partial charge in [-0.15, -0.1) is 11.3 Å². The van der Waals surface area contributed by atoms with Crippen LogP contribution in [-0.4, -0.2) is 36.1 Å². The van der Waals surface area contributed by atoms with E-state index in [0.29, 0.717) is 0 Å². The molecule has 0 unspecified atom stereocenters. The van der Waals surface area contributed by atoms with Gasteiger partial charge in [0.15, 0.2) is 0 Å². The Balaban J connectivity index is 1.62. The van der Waals surface area contributed by atoms with E-state index in [0.717, 1.165) is 37.7 Å². The van der Waals surface area contributed by atoms with Crippen molar-refractivity contribution in [2.75, 3.05) is 31.1 Å². The first-order valence-corrected chi connectivity index (χ1v) is 8.09. The number of aromatic nitrogens is 1. The van der Waals surface area contributed by atoms with Crippen LogP contribution in [-0.2, 0) is 6.54 Å². The van der Waals surface area contributed by atoms with Crippen molar-refractivity contribution >= 4 is 28.6 Å². The van der Waals surface area contributed by atoms with Crippen molar-refractivity contribution in [1.82, 2.24) is 9.88 Å². The van der Waals surface area contributed by atoms with Gasteiger partial charge in [0.25, 0.3) is 0 Å². The van der Waals surface area contributed by atoms with Crippen LogP contribution < -0.4 is 4.90 Å². The van der Waals surface area contributed by atoms with Gasteiger partial charge in [0.05, 0.1) is 5.51 Å². The molecule has 0 bridgehead atoms. The van der Waals surface area contributed by atoms with Gasteiger partial charge >= 0.3 is 0 Å². The Morgan fingerprint density at radius 2 is 2.05 bits per heavy atom. The Bertz CT molecular complexity index is 563. The van der Waals surface area contributed by atoms with Crippen molar-refractivity contribution < 1.29 is 0 Å². The lowest BCUT2D eigenvalue weighted by atomic mass is 10.1. The van der Waals surface area contributed by atoms with Crippen molar-refractivity contribution in [1.29, 1.82) is 0 Å². The second-order valence-electron chi connectivity index (χ2n) is 5.16. The largest absolute Gasteiger partial charge is 0.369 e. The molecule has 1 aromatic heterocycles. The van der Waals surface area contributed by atoms with E-state index < -0.39 is 0 Å². The molecule has 0 spiro atoms. The standard InChI is InChI=1S/C15H18ClN3S/c1-12-2-3-13(16)8-15(12)19-6-4-18(5-7-19)10-14-9-17-11-20-14/h2-3,8-9,11H,4-7,10H2,1H3. The third kappa shape index (κ3) is 3.14. The van der Waals surface area contributed by atoms with Gasteiger partial charge in [0.1, 0.15) is 0 Å². The van der Waals surface area contributed by atoms with Gasteiger partial charge in [-0.25, -0.2) is 0 Å². The molecule has 2 aromatic rings. The van der Waals surface area contributed by atoms with Crippen LogP contribution in [0.1, 0.15) is 10.4 Å². The van der Waals surface area contributed by atoms with E-state index in [1.165, 1.54) is 16.1 Å². The summed E-state index contributed by atoms with van der Waals surface area (Å²) in [6, 6.07) is 6.14. The third-order valence-electron chi connectivity index (χ3n) is 3.75. The number of rotatable bonds is 3. The molecular formula is C15H18ClN3S. The van der Waals surface area contributed by atoms with Crippen LogP contribution in [0.4, 0.5) is 5.69 Å². The number of piperazine rings is 1. The Kier molecular flexibility index (Phi) is 4.24. The van der Waals surface area contributed by atoms with E-state index >= 15 is 0 Å². The van der Waals surface area contributed by atoms with Crippen LogP contribution in [0, 0.1) is 6.92 Å². The topological polar surface area (TPSA) is 19.4 Å². The van der Waals surface area contributed by atoms with Crippen molar-refractivity contribution in [3.05, 3.63) is 45.4 Å². The molecule has 0 saturated carbocycles. The van der Waals surface area contributed by atoms with E-state index in [1.807, 2.05) is 17.8 Å². The van der Waals surface area contributed by atoms with Gasteiger partial charge in [-0.2, -0.15) is 0 Å². The molecule has 1 saturated heterocycles. The summed E-state index contributed by atoms with van der Waals surface area (Å²) in [5.74, 6) is 0. The maximum atomic E-state index is 6.12. The van der Waals surface area contributed by atoms with Crippen LogP contribution >= 0.6 is 22.9 Å². The highest BCUT2D eigenvalue weighted by molar-refractivity contribution is 7.09. The van der Waals surface area contributed by atoms with Crippen molar-refractivity contribution in [2.45, 2.75) is 13.5 Å². The van der Waals surface area contributed by atoms with Crippen molar-refractivity contribution in [3.63, 3.8) is 0 Å². The average Bonchev–Trinajstić information content (AvgIpc) is 2.95. The lowest BCUT2D eigenvalue weighted by Gasteiger charge is -2.36. The predicted molar refractivity (Wildman–Crippen MR) is 85.8 cm³/mol. The maximum absolute atomic E-state index is 6.12. The van der Waals surface area contributed by atoms with E-state index in [2.05, 4.69) is 33.8 Å². The molecule has 0 atom stereocenters. The smallest absolute Gasteiger partial charge is 0.0794 e. The fraction of sp³-hybridized carbons (Fsp3) is 0.400. The first kappa shape index (κ1) is 13.9. The zero-order valence-corrected chi connectivity index (χ0v) is 13.1. The molecule has 5 heteroatoms. The maximum Gasteiger partial charge on any atom is 0.0794 e. The molecule has 0 N–H and O–H groups in total. The molecule has 0 aliphatic carbocycles. The van der Waals surface area contributed by atoms with Crippen molar-refractivity contribution in [2.24, 2.45) is 0 Å². The highest BCUT2D eigenvalue weighted by atomic mass is 35.5. The summed E-state index contributed by atoms with van der Waals surface area (Å²) in [5, 5.41) is 0.817. The van der Waals surface area contributed by atoms with E-state index in [-0.39, 0.29) is 0 Å². The van der Waals surface area contributed by atoms with Gasteiger partial charge in [-0.3, -0.25) is 9.88 Å². The third-order valence-corrected chi connectivity index (χ3v) is 4.75. The number of nitrogens with zero attached hydrogens (tertiary/aromatic N) is 3. The second kappa shape index (κ2) is 6.12. The Labute approximate surface area is 128 Å². The number of hydrogen-bond acceptors (Lipinski definition) is 4. The minimum absolute atomic E-state index is 0.817. The van der Waals surface area contributed by atoms with E-state index in [9.17, 15) is 0 Å². The molecule has 3 nitrogen and oxygen atoms in total. The molecule has 1 aromatic carbocycles. The average molecular weight is 308 g/mol. The fourth-order valence-corrected chi connectivity index (χ4v) is 3.41. The van der Waals surface area contributed by atoms with Gasteiger partial charge in [-0.1, -0.05) is 17.7 Å². The van der Waals surface area contributed by atoms with Crippen molar-refractivity contribution in [3.8, 4) is 0 Å². The molecule has 0 radical (unpaired) electrons. The van der Waals surface area contributed by atoms with Crippen LogP contribution in [0.3, 0.4) is 0 Å². The Morgan fingerprint density at radius 1 is 1.25 bits per heavy atom. The summed E-state index contributed by atoms with van der Waals surface area (Å²) >= 11 is 7.85. The number of benzene rings is 1. The van der Waals surface area contributed by atoms with Gasteiger partial charge in [0, 0.05) is 54.5 Å². The highest BCUT2D eigenvalue weighted by Gasteiger charge is 2.19. The number of anilines is 1. The number of aryl methyl sites for hydroxylation is 1. The second-order valence-corrected chi connectivity index (χ2v) is 6.57. The first-order chi connectivity index (χ1) is 9.72. The highest BCUT2D eigenvalue weighted by Crippen LogP contribution is 2.25. The summed E-state index contributed by atoms with van der Waals surface area (Å²) in [5.41, 5.74) is 4.47. The number of thiazole rings is 1. The number of hydrogen-bond donors (Lipinski definition) is 0. The minimum atomic E-state index is 0.817. The quantitative estimate of drug-likeness (QED) is 0.866. The molecule has 1 aliphatic heterocycles. The van der Waals surface area contributed by atoms with E-state index in [4.69, 9.17) is 11.6 Å². The lowest BCUT2D eigenvalue weighted by molar-refractivity contribution is 0.251. The summed E-state index contributed by atoms with van der Waals surface area (Å²) in [7, 11) is 0. The Morgan fingerprint density at radius 3 is 2.75 bits per heavy atom. The zero-order valence-electron chi connectivity index (χ0n) is 11.6. The van der Waals surface area contributed by atoms with Crippen LogP contribution in [0.2, 0.25) is 5.02 Å². The number of halogens is 1. The summed E-state index contributed by atoms with van der Waals surface area (Å²) in [6.45, 7) is 7.45. The predicted octanol–water partition coefficient (Wildman–Crippen LogP) is 3.43. The lowest BCUT2D eigenvalue weighted by Crippen LogP contribution is -2.46. The van der Waals surface area contributed by atoms with E-state index in [1.54, 1.807) is 11.3 Å². The van der Waals surface area contributed by atoms with Gasteiger partial charge in [-0.05, 0) is 24.6 Å². The van der Waals surface area contributed by atoms with Gasteiger partial charge < -0.3 is 4.90 Å². The summed E-state index contributed by atoms with van der Waals surface area (Å²) < 4.78 is 0. The fourth-order valence-electron chi connectivity index (χ4n) is 2.61. The zero-order chi connectivity index (χ0) is 13.9. The molecule has 3 rings (SSSR count). The minimum Gasteiger partial charge on any atom is -0.369 e. The first-order valence-electron chi connectivity index (χ1n) is 6.83. The molecule has 0 amide bonds. The molecule has 20 heavy (non-hydrogen) atoms. The molecule has 1 fully saturated rings. The van der Waals surface area contributed by atoms with Crippen LogP contribution in [0.25, 0.3) is 0 Å². The SMILES string of the molecule is Cc1ccc(Cl)cc1N1CCN(Cc2cncs2)CC1. The van der Waals surface area contributed by atoms with Crippen LogP contribution in [0.15, 0.2) is 29.9 Å². The van der Waals surface area contributed by atoms with Crippen LogP contribution in [0.5, 0.6) is 0 Å². The monoisotopic (exact) mass is 307 g/mol. The molecule has 1 aliphatic rings. The molecular weight excluding hydrogens is 290 g/mol. The molecule has 106 valence electrons.